The van der Waals surface area contributed by atoms with Crippen LogP contribution >= 0.6 is 0 Å². The molecule has 1 atom stereocenters. The van der Waals surface area contributed by atoms with Gasteiger partial charge in [0.05, 0.1) is 6.54 Å². The molecule has 29 heavy (non-hydrogen) atoms. The molecule has 1 aliphatic rings. The van der Waals surface area contributed by atoms with Gasteiger partial charge >= 0.3 is 0 Å². The van der Waals surface area contributed by atoms with Crippen LogP contribution in [0.15, 0.2) is 12.1 Å². The second-order valence-corrected chi connectivity index (χ2v) is 9.00. The number of benzene rings is 1. The molecule has 0 bridgehead atoms. The summed E-state index contributed by atoms with van der Waals surface area (Å²) in [5.41, 5.74) is 6.10. The van der Waals surface area contributed by atoms with E-state index in [1.165, 1.54) is 5.56 Å². The molecule has 0 saturated carbocycles. The summed E-state index contributed by atoms with van der Waals surface area (Å²) in [6, 6.07) is 4.30. The molecule has 0 radical (unpaired) electrons. The number of aromatic nitrogens is 1. The summed E-state index contributed by atoms with van der Waals surface area (Å²) in [7, 11) is 0. The maximum atomic E-state index is 10.4. The predicted molar refractivity (Wildman–Crippen MR) is 121 cm³/mol. The first-order valence-electron chi connectivity index (χ1n) is 10.9. The van der Waals surface area contributed by atoms with Crippen LogP contribution in [0, 0.1) is 34.6 Å². The monoisotopic (exact) mass is 396 g/mol. The van der Waals surface area contributed by atoms with Gasteiger partial charge < -0.3 is 14.7 Å². The third-order valence-electron chi connectivity index (χ3n) is 6.31. The van der Waals surface area contributed by atoms with Gasteiger partial charge in [0.1, 0.15) is 22.9 Å². The first kappa shape index (κ1) is 21.5. The summed E-state index contributed by atoms with van der Waals surface area (Å²) in [5.74, 6) is 2.43. The van der Waals surface area contributed by atoms with Crippen LogP contribution < -0.4 is 9.64 Å². The molecule has 2 heterocycles. The summed E-state index contributed by atoms with van der Waals surface area (Å²) in [6.45, 7) is 16.4. The van der Waals surface area contributed by atoms with Gasteiger partial charge in [-0.2, -0.15) is 0 Å². The van der Waals surface area contributed by atoms with E-state index in [-0.39, 0.29) is 5.60 Å². The Hall–Kier alpha value is -2.23. The summed E-state index contributed by atoms with van der Waals surface area (Å²) in [4.78, 5) is 7.22. The fourth-order valence-electron chi connectivity index (χ4n) is 4.42. The van der Waals surface area contributed by atoms with Crippen molar-refractivity contribution in [3.8, 4) is 11.5 Å². The molecular formula is C25H36N2O2. The quantitative estimate of drug-likeness (QED) is 0.678. The van der Waals surface area contributed by atoms with Crippen LogP contribution in [-0.4, -0.2) is 28.8 Å². The lowest BCUT2D eigenvalue weighted by molar-refractivity contribution is 0.0699. The molecule has 3 rings (SSSR count). The largest absolute Gasteiger partial charge is 0.507 e. The fourth-order valence-corrected chi connectivity index (χ4v) is 4.42. The Morgan fingerprint density at radius 2 is 1.83 bits per heavy atom. The second-order valence-electron chi connectivity index (χ2n) is 9.00. The Balaban J connectivity index is 1.93. The van der Waals surface area contributed by atoms with Gasteiger partial charge in [-0.25, -0.2) is 4.98 Å². The van der Waals surface area contributed by atoms with Crippen LogP contribution in [0.4, 0.5) is 5.82 Å². The van der Waals surface area contributed by atoms with E-state index in [1.54, 1.807) is 0 Å². The van der Waals surface area contributed by atoms with Gasteiger partial charge in [0, 0.05) is 17.8 Å². The molecule has 4 nitrogen and oxygen atoms in total. The number of anilines is 1. The highest BCUT2D eigenvalue weighted by molar-refractivity contribution is 5.58. The highest BCUT2D eigenvalue weighted by atomic mass is 16.5. The number of phenolic OH excluding ortho intramolecular Hbond substituents is 1. The minimum absolute atomic E-state index is 0.291. The number of hydrogen-bond donors (Lipinski definition) is 1. The number of fused-ring (bicyclic) bond motifs is 1. The third-order valence-corrected chi connectivity index (χ3v) is 6.31. The summed E-state index contributed by atoms with van der Waals surface area (Å²) in [5, 5.41) is 10.4. The number of hydrogen-bond acceptors (Lipinski definition) is 4. The van der Waals surface area contributed by atoms with Gasteiger partial charge in [-0.1, -0.05) is 13.3 Å². The molecule has 0 amide bonds. The lowest BCUT2D eigenvalue weighted by Crippen LogP contribution is -2.48. The van der Waals surface area contributed by atoms with Crippen molar-refractivity contribution in [3.05, 3.63) is 45.6 Å². The molecule has 1 aromatic heterocycles. The highest BCUT2D eigenvalue weighted by Crippen LogP contribution is 2.43. The van der Waals surface area contributed by atoms with Crippen LogP contribution in [0.5, 0.6) is 11.5 Å². The van der Waals surface area contributed by atoms with Gasteiger partial charge in [0.15, 0.2) is 0 Å². The Morgan fingerprint density at radius 1 is 1.10 bits per heavy atom. The highest BCUT2D eigenvalue weighted by Gasteiger charge is 2.36. The zero-order valence-corrected chi connectivity index (χ0v) is 19.1. The first-order valence-corrected chi connectivity index (χ1v) is 10.9. The van der Waals surface area contributed by atoms with Gasteiger partial charge in [-0.15, -0.1) is 0 Å². The van der Waals surface area contributed by atoms with Crippen molar-refractivity contribution < 1.29 is 9.84 Å². The minimum Gasteiger partial charge on any atom is -0.507 e. The minimum atomic E-state index is -0.291. The Bertz CT molecular complexity index is 886. The maximum Gasteiger partial charge on any atom is 0.129 e. The first-order chi connectivity index (χ1) is 13.6. The van der Waals surface area contributed by atoms with Crippen molar-refractivity contribution in [2.24, 2.45) is 0 Å². The van der Waals surface area contributed by atoms with Crippen LogP contribution in [0.1, 0.15) is 66.6 Å². The molecule has 1 aliphatic heterocycles. The molecular weight excluding hydrogens is 360 g/mol. The van der Waals surface area contributed by atoms with Crippen molar-refractivity contribution >= 4 is 5.82 Å². The van der Waals surface area contributed by atoms with Crippen LogP contribution in [0.25, 0.3) is 0 Å². The molecule has 0 aliphatic carbocycles. The fraction of sp³-hybridized carbons (Fsp3) is 0.560. The summed E-state index contributed by atoms with van der Waals surface area (Å²) < 4.78 is 6.68. The smallest absolute Gasteiger partial charge is 0.129 e. The Kier molecular flexibility index (Phi) is 6.11. The van der Waals surface area contributed by atoms with Gasteiger partial charge in [0.25, 0.3) is 0 Å². The molecule has 0 saturated heterocycles. The number of rotatable bonds is 6. The van der Waals surface area contributed by atoms with Gasteiger partial charge in [-0.05, 0) is 95.2 Å². The molecule has 4 heteroatoms. The van der Waals surface area contributed by atoms with Crippen molar-refractivity contribution in [2.45, 2.75) is 79.8 Å². The van der Waals surface area contributed by atoms with Crippen molar-refractivity contribution in [1.29, 1.82) is 0 Å². The number of unbranched alkanes of at least 4 members (excludes halogenated alkanes) is 1. The lowest BCUT2D eigenvalue weighted by Gasteiger charge is -2.41. The van der Waals surface area contributed by atoms with E-state index >= 15 is 0 Å². The van der Waals surface area contributed by atoms with E-state index in [0.717, 1.165) is 78.3 Å². The average Bonchev–Trinajstić information content (AvgIpc) is 2.67. The number of aromatic hydroxyl groups is 1. The van der Waals surface area contributed by atoms with Crippen LogP contribution in [-0.2, 0) is 6.42 Å². The van der Waals surface area contributed by atoms with E-state index in [1.807, 2.05) is 13.8 Å². The van der Waals surface area contributed by atoms with Crippen LogP contribution in [0.3, 0.4) is 0 Å². The third kappa shape index (κ3) is 4.36. The number of nitrogens with zero attached hydrogens (tertiary/aromatic N) is 2. The topological polar surface area (TPSA) is 45.6 Å². The molecule has 2 aromatic rings. The Labute approximate surface area is 175 Å². The molecule has 1 unspecified atom stereocenters. The van der Waals surface area contributed by atoms with Crippen LogP contribution in [0.2, 0.25) is 0 Å². The average molecular weight is 397 g/mol. The molecule has 1 aromatic carbocycles. The summed E-state index contributed by atoms with van der Waals surface area (Å²) in [6.07, 6.45) is 4.13. The lowest BCUT2D eigenvalue weighted by atomic mass is 9.87. The summed E-state index contributed by atoms with van der Waals surface area (Å²) >= 11 is 0. The normalized spacial score (nSPS) is 18.3. The number of ether oxygens (including phenoxy) is 1. The van der Waals surface area contributed by atoms with E-state index in [9.17, 15) is 5.11 Å². The van der Waals surface area contributed by atoms with Crippen molar-refractivity contribution in [1.82, 2.24) is 4.98 Å². The van der Waals surface area contributed by atoms with E-state index in [0.29, 0.717) is 5.75 Å². The molecule has 0 fully saturated rings. The number of aryl methyl sites for hydroxylation is 2. The van der Waals surface area contributed by atoms with Crippen molar-refractivity contribution in [2.75, 3.05) is 18.0 Å². The van der Waals surface area contributed by atoms with E-state index in [2.05, 4.69) is 51.7 Å². The SMILES string of the molecule is CCCCN(CC1(C)CCc2c(C)c(O)c(C)c(C)c2O1)c1cc(C)cc(C)n1. The van der Waals surface area contributed by atoms with Gasteiger partial charge in [-0.3, -0.25) is 0 Å². The molecule has 158 valence electrons. The predicted octanol–water partition coefficient (Wildman–Crippen LogP) is 5.72. The number of phenols is 1. The van der Waals surface area contributed by atoms with Crippen molar-refractivity contribution in [3.63, 3.8) is 0 Å². The van der Waals surface area contributed by atoms with E-state index < -0.39 is 0 Å². The zero-order chi connectivity index (χ0) is 21.3. The molecule has 0 spiro atoms. The maximum absolute atomic E-state index is 10.4. The standard InChI is InChI=1S/C25H36N2O2/c1-8-9-12-27(22-14-16(2)13-17(3)26-22)15-25(7)11-10-21-20(6)23(28)18(4)19(5)24(21)29-25/h13-14,28H,8-12,15H2,1-7H3. The van der Waals surface area contributed by atoms with Gasteiger partial charge in [0.2, 0.25) is 0 Å². The van der Waals surface area contributed by atoms with E-state index in [4.69, 9.17) is 9.72 Å². The number of pyridine rings is 1. The zero-order valence-electron chi connectivity index (χ0n) is 19.1. The second kappa shape index (κ2) is 8.25. The molecule has 1 N–H and O–H groups in total. The Morgan fingerprint density at radius 3 is 2.48 bits per heavy atom.